The predicted octanol–water partition coefficient (Wildman–Crippen LogP) is 0.403. The first kappa shape index (κ1) is 12.9. The van der Waals surface area contributed by atoms with Crippen molar-refractivity contribution >= 4 is 5.97 Å². The smallest absolute Gasteiger partial charge is 0.310 e. The molecule has 0 aromatic rings. The van der Waals surface area contributed by atoms with Crippen LogP contribution in [-0.4, -0.2) is 32.9 Å². The predicted molar refractivity (Wildman–Crippen MR) is 51.3 cm³/mol. The third-order valence-electron chi connectivity index (χ3n) is 1.33. The summed E-state index contributed by atoms with van der Waals surface area (Å²) in [5, 5.41) is 0. The van der Waals surface area contributed by atoms with E-state index in [0.29, 0.717) is 25.3 Å². The number of esters is 1. The first-order valence-corrected chi connectivity index (χ1v) is 4.41. The Balaban J connectivity index is 3.51. The van der Waals surface area contributed by atoms with Gasteiger partial charge in [0, 0.05) is 13.5 Å². The summed E-state index contributed by atoms with van der Waals surface area (Å²) in [5.74, 6) is -0.315. The maximum absolute atomic E-state index is 10.7. The van der Waals surface area contributed by atoms with E-state index in [0.717, 1.165) is 0 Å². The molecule has 0 aromatic heterocycles. The molecule has 0 spiro atoms. The molecule has 82 valence electrons. The summed E-state index contributed by atoms with van der Waals surface area (Å²) < 4.78 is 14.5. The maximum atomic E-state index is 10.7. The Labute approximate surface area is 83.8 Å². The van der Waals surface area contributed by atoms with Crippen molar-refractivity contribution in [3.8, 4) is 0 Å². The highest BCUT2D eigenvalue weighted by atomic mass is 16.5. The Bertz CT molecular complexity index is 191. The van der Waals surface area contributed by atoms with Gasteiger partial charge in [0.2, 0.25) is 0 Å². The molecule has 0 bridgehead atoms. The van der Waals surface area contributed by atoms with Crippen molar-refractivity contribution in [3.63, 3.8) is 0 Å². The van der Waals surface area contributed by atoms with Gasteiger partial charge in [-0.3, -0.25) is 4.79 Å². The zero-order valence-electron chi connectivity index (χ0n) is 8.62. The van der Waals surface area contributed by atoms with Crippen LogP contribution in [0, 0.1) is 0 Å². The maximum Gasteiger partial charge on any atom is 0.310 e. The van der Waals surface area contributed by atoms with Crippen LogP contribution in [0.15, 0.2) is 12.0 Å². The molecule has 0 aliphatic carbocycles. The number of hydrogen-bond acceptors (Lipinski definition) is 5. The summed E-state index contributed by atoms with van der Waals surface area (Å²) >= 11 is 0. The molecule has 0 amide bonds. The lowest BCUT2D eigenvalue weighted by Crippen LogP contribution is -2.11. The zero-order chi connectivity index (χ0) is 10.8. The normalized spacial score (nSPS) is 11.4. The monoisotopic (exact) mass is 203 g/mol. The summed E-state index contributed by atoms with van der Waals surface area (Å²) in [6.07, 6.45) is 1.53. The van der Waals surface area contributed by atoms with Crippen LogP contribution < -0.4 is 5.73 Å². The SMILES string of the molecule is CCC(=O)O/C=C(\N)COCCOC. The highest BCUT2D eigenvalue weighted by Crippen LogP contribution is 1.91. The molecule has 0 saturated heterocycles. The van der Waals surface area contributed by atoms with Gasteiger partial charge in [-0.2, -0.15) is 0 Å². The zero-order valence-corrected chi connectivity index (χ0v) is 8.62. The van der Waals surface area contributed by atoms with Crippen molar-refractivity contribution in [1.29, 1.82) is 0 Å². The number of rotatable bonds is 7. The van der Waals surface area contributed by atoms with Crippen molar-refractivity contribution in [2.75, 3.05) is 26.9 Å². The lowest BCUT2D eigenvalue weighted by Gasteiger charge is -2.03. The van der Waals surface area contributed by atoms with Gasteiger partial charge in [0.1, 0.15) is 6.26 Å². The fourth-order valence-electron chi connectivity index (χ4n) is 0.591. The highest BCUT2D eigenvalue weighted by molar-refractivity contribution is 5.69. The molecular formula is C9H17NO4. The highest BCUT2D eigenvalue weighted by Gasteiger charge is 1.96. The van der Waals surface area contributed by atoms with Crippen molar-refractivity contribution < 1.29 is 19.0 Å². The van der Waals surface area contributed by atoms with Gasteiger partial charge in [0.25, 0.3) is 0 Å². The second-order valence-corrected chi connectivity index (χ2v) is 2.58. The molecule has 0 atom stereocenters. The molecule has 14 heavy (non-hydrogen) atoms. The number of carbonyl (C=O) groups is 1. The van der Waals surface area contributed by atoms with E-state index in [1.54, 1.807) is 14.0 Å². The van der Waals surface area contributed by atoms with Crippen molar-refractivity contribution in [1.82, 2.24) is 0 Å². The quantitative estimate of drug-likeness (QED) is 0.368. The van der Waals surface area contributed by atoms with E-state index in [1.807, 2.05) is 0 Å². The summed E-state index contributed by atoms with van der Waals surface area (Å²) in [6.45, 7) is 2.93. The van der Waals surface area contributed by atoms with E-state index < -0.39 is 0 Å². The van der Waals surface area contributed by atoms with E-state index in [1.165, 1.54) is 6.26 Å². The topological polar surface area (TPSA) is 70.8 Å². The van der Waals surface area contributed by atoms with E-state index in [9.17, 15) is 4.79 Å². The van der Waals surface area contributed by atoms with Crippen molar-refractivity contribution in [2.45, 2.75) is 13.3 Å². The molecule has 0 radical (unpaired) electrons. The summed E-state index contributed by atoms with van der Waals surface area (Å²) in [5.41, 5.74) is 5.85. The van der Waals surface area contributed by atoms with E-state index in [4.69, 9.17) is 15.2 Å². The average molecular weight is 203 g/mol. The summed E-state index contributed by atoms with van der Waals surface area (Å²) in [4.78, 5) is 10.7. The number of carbonyl (C=O) groups excluding carboxylic acids is 1. The van der Waals surface area contributed by atoms with Crippen LogP contribution in [0.3, 0.4) is 0 Å². The molecule has 0 rings (SSSR count). The molecule has 5 heteroatoms. The first-order valence-electron chi connectivity index (χ1n) is 4.41. The van der Waals surface area contributed by atoms with Crippen LogP contribution in [0.25, 0.3) is 0 Å². The van der Waals surface area contributed by atoms with Gasteiger partial charge >= 0.3 is 5.97 Å². The lowest BCUT2D eigenvalue weighted by molar-refractivity contribution is -0.137. The van der Waals surface area contributed by atoms with E-state index >= 15 is 0 Å². The molecule has 5 nitrogen and oxygen atoms in total. The van der Waals surface area contributed by atoms with Crippen LogP contribution in [0.1, 0.15) is 13.3 Å². The van der Waals surface area contributed by atoms with Gasteiger partial charge in [-0.25, -0.2) is 0 Å². The van der Waals surface area contributed by atoms with Crippen LogP contribution in [0.2, 0.25) is 0 Å². The van der Waals surface area contributed by atoms with Gasteiger partial charge in [-0.05, 0) is 0 Å². The van der Waals surface area contributed by atoms with Gasteiger partial charge < -0.3 is 19.9 Å². The summed E-state index contributed by atoms with van der Waals surface area (Å²) in [6, 6.07) is 0. The molecule has 0 saturated carbocycles. The number of ether oxygens (including phenoxy) is 3. The standard InChI is InChI=1S/C9H17NO4/c1-3-9(11)14-7-8(10)6-13-5-4-12-2/h7H,3-6,10H2,1-2H3/b8-7-. The Kier molecular flexibility index (Phi) is 7.87. The van der Waals surface area contributed by atoms with Gasteiger partial charge in [0.15, 0.2) is 0 Å². The van der Waals surface area contributed by atoms with Crippen LogP contribution >= 0.6 is 0 Å². The minimum atomic E-state index is -0.315. The summed E-state index contributed by atoms with van der Waals surface area (Å²) in [7, 11) is 1.59. The molecule has 0 unspecified atom stereocenters. The van der Waals surface area contributed by atoms with Crippen LogP contribution in [0.5, 0.6) is 0 Å². The fourth-order valence-corrected chi connectivity index (χ4v) is 0.591. The second-order valence-electron chi connectivity index (χ2n) is 2.58. The second kappa shape index (κ2) is 8.52. The van der Waals surface area contributed by atoms with Gasteiger partial charge in [-0.1, -0.05) is 6.92 Å². The lowest BCUT2D eigenvalue weighted by atomic mass is 10.5. The molecule has 0 fully saturated rings. The van der Waals surface area contributed by atoms with E-state index in [-0.39, 0.29) is 12.6 Å². The minimum absolute atomic E-state index is 0.236. The molecule has 0 aliphatic rings. The largest absolute Gasteiger partial charge is 0.433 e. The first-order chi connectivity index (χ1) is 6.70. The fraction of sp³-hybridized carbons (Fsp3) is 0.667. The van der Waals surface area contributed by atoms with E-state index in [2.05, 4.69) is 4.74 Å². The van der Waals surface area contributed by atoms with Crippen LogP contribution in [0.4, 0.5) is 0 Å². The Morgan fingerprint density at radius 1 is 1.43 bits per heavy atom. The molecule has 2 N–H and O–H groups in total. The van der Waals surface area contributed by atoms with Crippen molar-refractivity contribution in [3.05, 3.63) is 12.0 Å². The number of methoxy groups -OCH3 is 1. The third-order valence-corrected chi connectivity index (χ3v) is 1.33. The van der Waals surface area contributed by atoms with Crippen LogP contribution in [-0.2, 0) is 19.0 Å². The van der Waals surface area contributed by atoms with Gasteiger partial charge in [0.05, 0.1) is 25.5 Å². The van der Waals surface area contributed by atoms with Gasteiger partial charge in [-0.15, -0.1) is 0 Å². The number of nitrogens with two attached hydrogens (primary N) is 1. The Morgan fingerprint density at radius 2 is 2.14 bits per heavy atom. The Morgan fingerprint density at radius 3 is 2.71 bits per heavy atom. The molecule has 0 aliphatic heterocycles. The number of hydrogen-bond donors (Lipinski definition) is 1. The average Bonchev–Trinajstić information content (AvgIpc) is 2.21. The molecule has 0 heterocycles. The molecule has 0 aromatic carbocycles. The van der Waals surface area contributed by atoms with Crippen molar-refractivity contribution in [2.24, 2.45) is 5.73 Å². The minimum Gasteiger partial charge on any atom is -0.433 e. The third kappa shape index (κ3) is 7.57. The molecular weight excluding hydrogens is 186 g/mol. The Hall–Kier alpha value is -1.07.